The van der Waals surface area contributed by atoms with Crippen molar-refractivity contribution in [2.75, 3.05) is 20.4 Å². The lowest BCUT2D eigenvalue weighted by molar-refractivity contribution is 0.285. The van der Waals surface area contributed by atoms with Gasteiger partial charge in [0.25, 0.3) is 5.56 Å². The van der Waals surface area contributed by atoms with E-state index in [-0.39, 0.29) is 10.7 Å². The molecule has 0 aliphatic carbocycles. The highest BCUT2D eigenvalue weighted by Crippen LogP contribution is 2.29. The number of hydrogen-bond donors (Lipinski definition) is 2. The van der Waals surface area contributed by atoms with Gasteiger partial charge in [-0.3, -0.25) is 10.1 Å². The van der Waals surface area contributed by atoms with E-state index in [9.17, 15) is 4.79 Å². The molecule has 0 atom stereocenters. The van der Waals surface area contributed by atoms with Crippen molar-refractivity contribution >= 4 is 22.4 Å². The van der Waals surface area contributed by atoms with E-state index in [0.29, 0.717) is 34.7 Å². The Balaban J connectivity index is 2.05. The van der Waals surface area contributed by atoms with Gasteiger partial charge in [-0.15, -0.1) is 0 Å². The number of nitrogens with one attached hydrogen (secondary N) is 2. The fraction of sp³-hybridized carbons (Fsp3) is 0.222. The molecule has 0 spiro atoms. The van der Waals surface area contributed by atoms with Crippen LogP contribution in [-0.2, 0) is 0 Å². The molecular weight excluding hydrogens is 342 g/mol. The molecule has 0 saturated carbocycles. The molecule has 0 bridgehead atoms. The average Bonchev–Trinajstić information content (AvgIpc) is 2.62. The van der Waals surface area contributed by atoms with Gasteiger partial charge in [-0.05, 0) is 30.8 Å². The van der Waals surface area contributed by atoms with Crippen molar-refractivity contribution in [2.24, 2.45) is 0 Å². The molecule has 2 N–H and O–H groups in total. The zero-order valence-corrected chi connectivity index (χ0v) is 14.7. The average molecular weight is 360 g/mol. The molecule has 0 amide bonds. The number of nitrogens with zero attached hydrogens (tertiary/aromatic N) is 1. The van der Waals surface area contributed by atoms with Crippen molar-refractivity contribution in [2.45, 2.75) is 6.92 Å². The molecule has 2 aromatic heterocycles. The van der Waals surface area contributed by atoms with E-state index in [2.05, 4.69) is 15.3 Å². The molecule has 2 heterocycles. The Bertz CT molecular complexity index is 956. The fourth-order valence-electron chi connectivity index (χ4n) is 2.45. The molecule has 0 fully saturated rings. The molecular formula is C18H18ClN3O3. The third-order valence-electron chi connectivity index (χ3n) is 3.71. The number of ether oxygens (including phenoxy) is 2. The Labute approximate surface area is 149 Å². The molecule has 0 aliphatic rings. The minimum atomic E-state index is -0.227. The van der Waals surface area contributed by atoms with Gasteiger partial charge < -0.3 is 14.5 Å². The van der Waals surface area contributed by atoms with E-state index in [1.165, 1.54) is 0 Å². The Morgan fingerprint density at radius 2 is 2.00 bits per heavy atom. The number of aromatic nitrogens is 2. The van der Waals surface area contributed by atoms with E-state index in [0.717, 1.165) is 12.1 Å². The van der Waals surface area contributed by atoms with Gasteiger partial charge in [0, 0.05) is 28.9 Å². The lowest BCUT2D eigenvalue weighted by atomic mass is 10.1. The normalized spacial score (nSPS) is 10.8. The number of H-pyrrole nitrogens is 1. The Hall–Kier alpha value is -2.57. The van der Waals surface area contributed by atoms with E-state index in [1.807, 2.05) is 25.1 Å². The van der Waals surface area contributed by atoms with Crippen LogP contribution in [0.2, 0.25) is 5.15 Å². The highest BCUT2D eigenvalue weighted by Gasteiger charge is 2.09. The van der Waals surface area contributed by atoms with Gasteiger partial charge in [0.05, 0.1) is 12.5 Å². The number of fused-ring (bicyclic) bond motifs is 1. The van der Waals surface area contributed by atoms with Crippen LogP contribution in [0.1, 0.15) is 6.92 Å². The minimum Gasteiger partial charge on any atom is -0.497 e. The second kappa shape index (κ2) is 7.55. The van der Waals surface area contributed by atoms with Crippen molar-refractivity contribution in [1.82, 2.24) is 15.3 Å². The third-order valence-corrected chi connectivity index (χ3v) is 3.92. The predicted octanol–water partition coefficient (Wildman–Crippen LogP) is 3.20. The van der Waals surface area contributed by atoms with Crippen molar-refractivity contribution in [3.05, 3.63) is 52.0 Å². The second-order valence-corrected chi connectivity index (χ2v) is 5.78. The monoisotopic (exact) mass is 359 g/mol. The lowest BCUT2D eigenvalue weighted by Crippen LogP contribution is -2.19. The zero-order valence-electron chi connectivity index (χ0n) is 13.9. The first kappa shape index (κ1) is 17.3. The minimum absolute atomic E-state index is 0.227. The van der Waals surface area contributed by atoms with Gasteiger partial charge in [0.2, 0.25) is 0 Å². The first-order valence-electron chi connectivity index (χ1n) is 7.82. The van der Waals surface area contributed by atoms with Crippen LogP contribution in [0.3, 0.4) is 0 Å². The summed E-state index contributed by atoms with van der Waals surface area (Å²) in [4.78, 5) is 19.3. The highest BCUT2D eigenvalue weighted by atomic mass is 35.5. The summed E-state index contributed by atoms with van der Waals surface area (Å²) in [5.74, 6) is 1.28. The molecule has 3 rings (SSSR count). The van der Waals surface area contributed by atoms with Crippen molar-refractivity contribution in [3.8, 4) is 22.8 Å². The van der Waals surface area contributed by atoms with Gasteiger partial charge in [-0.25, -0.2) is 4.98 Å². The Morgan fingerprint density at radius 1 is 1.20 bits per heavy atom. The molecule has 0 radical (unpaired) electrons. The predicted molar refractivity (Wildman–Crippen MR) is 98.5 cm³/mol. The summed E-state index contributed by atoms with van der Waals surface area (Å²) in [5, 5.41) is 4.58. The quantitative estimate of drug-likeness (QED) is 0.401. The SMILES string of the molecule is CCNCOc1cc(OC)cc(-c2cc3cnc(Cl)cc3c(=O)[nH]2)c1. The van der Waals surface area contributed by atoms with E-state index < -0.39 is 0 Å². The van der Waals surface area contributed by atoms with Crippen LogP contribution < -0.4 is 20.3 Å². The van der Waals surface area contributed by atoms with Crippen molar-refractivity contribution < 1.29 is 9.47 Å². The number of pyridine rings is 2. The number of halogens is 1. The highest BCUT2D eigenvalue weighted by molar-refractivity contribution is 6.30. The third kappa shape index (κ3) is 3.92. The molecule has 0 aliphatic heterocycles. The number of hydrogen-bond acceptors (Lipinski definition) is 5. The second-order valence-electron chi connectivity index (χ2n) is 5.40. The van der Waals surface area contributed by atoms with Crippen molar-refractivity contribution in [1.29, 1.82) is 0 Å². The van der Waals surface area contributed by atoms with Crippen LogP contribution in [-0.4, -0.2) is 30.4 Å². The fourth-order valence-corrected chi connectivity index (χ4v) is 2.61. The number of methoxy groups -OCH3 is 1. The summed E-state index contributed by atoms with van der Waals surface area (Å²) in [7, 11) is 1.59. The van der Waals surface area contributed by atoms with Gasteiger partial charge >= 0.3 is 0 Å². The van der Waals surface area contributed by atoms with Crippen LogP contribution >= 0.6 is 11.6 Å². The number of aromatic amines is 1. The summed E-state index contributed by atoms with van der Waals surface area (Å²) < 4.78 is 11.0. The molecule has 0 unspecified atom stereocenters. The lowest BCUT2D eigenvalue weighted by Gasteiger charge is -2.11. The summed E-state index contributed by atoms with van der Waals surface area (Å²) in [5.41, 5.74) is 1.20. The number of benzene rings is 1. The van der Waals surface area contributed by atoms with Gasteiger partial charge in [-0.2, -0.15) is 0 Å². The molecule has 130 valence electrons. The van der Waals surface area contributed by atoms with Gasteiger partial charge in [0.15, 0.2) is 0 Å². The first-order chi connectivity index (χ1) is 12.1. The summed E-state index contributed by atoms with van der Waals surface area (Å²) in [6.07, 6.45) is 1.58. The maximum atomic E-state index is 12.4. The largest absolute Gasteiger partial charge is 0.497 e. The number of rotatable bonds is 6. The maximum absolute atomic E-state index is 12.4. The molecule has 1 aromatic carbocycles. The van der Waals surface area contributed by atoms with E-state index in [4.69, 9.17) is 21.1 Å². The van der Waals surface area contributed by atoms with Crippen LogP contribution in [0.5, 0.6) is 11.5 Å². The van der Waals surface area contributed by atoms with E-state index >= 15 is 0 Å². The standard InChI is InChI=1S/C18H18ClN3O3/c1-3-20-10-25-14-5-11(4-13(7-14)24-2)16-6-12-9-21-17(19)8-15(12)18(23)22-16/h4-9,20H,3,10H2,1-2H3,(H,22,23). The van der Waals surface area contributed by atoms with Crippen LogP contribution in [0.25, 0.3) is 22.0 Å². The smallest absolute Gasteiger partial charge is 0.256 e. The van der Waals surface area contributed by atoms with Crippen LogP contribution in [0, 0.1) is 0 Å². The molecule has 6 nitrogen and oxygen atoms in total. The van der Waals surface area contributed by atoms with Gasteiger partial charge in [0.1, 0.15) is 23.4 Å². The van der Waals surface area contributed by atoms with E-state index in [1.54, 1.807) is 25.4 Å². The maximum Gasteiger partial charge on any atom is 0.256 e. The summed E-state index contributed by atoms with van der Waals surface area (Å²) in [6.45, 7) is 3.20. The summed E-state index contributed by atoms with van der Waals surface area (Å²) in [6, 6.07) is 8.88. The first-order valence-corrected chi connectivity index (χ1v) is 8.20. The Morgan fingerprint density at radius 3 is 2.76 bits per heavy atom. The molecule has 3 aromatic rings. The zero-order chi connectivity index (χ0) is 17.8. The molecule has 0 saturated heterocycles. The van der Waals surface area contributed by atoms with Crippen LogP contribution in [0.15, 0.2) is 41.3 Å². The van der Waals surface area contributed by atoms with Gasteiger partial charge in [-0.1, -0.05) is 18.5 Å². The topological polar surface area (TPSA) is 76.2 Å². The van der Waals surface area contributed by atoms with Crippen LogP contribution in [0.4, 0.5) is 0 Å². The molecule has 25 heavy (non-hydrogen) atoms. The molecule has 7 heteroatoms. The van der Waals surface area contributed by atoms with Crippen molar-refractivity contribution in [3.63, 3.8) is 0 Å². The Kier molecular flexibility index (Phi) is 5.21. The summed E-state index contributed by atoms with van der Waals surface area (Å²) >= 11 is 5.87.